The molecule has 0 aliphatic carbocycles. The molecule has 0 fully saturated rings. The average Bonchev–Trinajstić information content (AvgIpc) is 2.46. The molecule has 0 saturated heterocycles. The maximum atomic E-state index is 13.1. The van der Waals surface area contributed by atoms with E-state index in [2.05, 4.69) is 28.5 Å². The zero-order valence-corrected chi connectivity index (χ0v) is 11.2. The van der Waals surface area contributed by atoms with E-state index in [9.17, 15) is 4.39 Å². The van der Waals surface area contributed by atoms with Gasteiger partial charge >= 0.3 is 0 Å². The summed E-state index contributed by atoms with van der Waals surface area (Å²) in [6, 6.07) is 13.1. The monoisotopic (exact) mass is 266 g/mol. The van der Waals surface area contributed by atoms with Gasteiger partial charge in [0.2, 0.25) is 0 Å². The molecule has 1 N–H and O–H groups in total. The molecule has 0 saturated carbocycles. The highest BCUT2D eigenvalue weighted by Crippen LogP contribution is 2.18. The summed E-state index contributed by atoms with van der Waals surface area (Å²) in [5.74, 6) is -0.203. The molecule has 0 spiro atoms. The van der Waals surface area contributed by atoms with Crippen LogP contribution in [0.25, 0.3) is 10.8 Å². The predicted molar refractivity (Wildman–Crippen MR) is 80.2 cm³/mol. The molecule has 3 rings (SSSR count). The molecule has 1 heterocycles. The van der Waals surface area contributed by atoms with E-state index in [1.54, 1.807) is 12.3 Å². The van der Waals surface area contributed by atoms with Gasteiger partial charge in [0.15, 0.2) is 0 Å². The van der Waals surface area contributed by atoms with Gasteiger partial charge in [-0.25, -0.2) is 4.39 Å². The molecule has 0 amide bonds. The number of aryl methyl sites for hydroxylation is 1. The molecule has 2 nitrogen and oxygen atoms in total. The summed E-state index contributed by atoms with van der Waals surface area (Å²) >= 11 is 0. The summed E-state index contributed by atoms with van der Waals surface area (Å²) in [4.78, 5) is 4.10. The second-order valence-corrected chi connectivity index (χ2v) is 4.87. The standard InChI is InChI=1S/C17H15FN2/c1-12-8-16(18)4-5-17(12)20-10-13-2-3-15-11-19-7-6-14(15)9-13/h2-9,11,20H,10H2,1H3. The van der Waals surface area contributed by atoms with Crippen LogP contribution in [0.5, 0.6) is 0 Å². The third-order valence-electron chi connectivity index (χ3n) is 3.38. The Balaban J connectivity index is 1.79. The van der Waals surface area contributed by atoms with Gasteiger partial charge < -0.3 is 5.32 Å². The van der Waals surface area contributed by atoms with Crippen LogP contribution >= 0.6 is 0 Å². The van der Waals surface area contributed by atoms with Crippen LogP contribution in [0, 0.1) is 12.7 Å². The first-order valence-electron chi connectivity index (χ1n) is 6.55. The number of benzene rings is 2. The zero-order chi connectivity index (χ0) is 13.9. The Kier molecular flexibility index (Phi) is 3.33. The van der Waals surface area contributed by atoms with E-state index in [-0.39, 0.29) is 5.82 Å². The van der Waals surface area contributed by atoms with Gasteiger partial charge in [-0.15, -0.1) is 0 Å². The van der Waals surface area contributed by atoms with Crippen molar-refractivity contribution in [3.8, 4) is 0 Å². The maximum Gasteiger partial charge on any atom is 0.123 e. The highest BCUT2D eigenvalue weighted by Gasteiger charge is 2.01. The lowest BCUT2D eigenvalue weighted by Gasteiger charge is -2.10. The number of halogens is 1. The molecule has 20 heavy (non-hydrogen) atoms. The van der Waals surface area contributed by atoms with Crippen molar-refractivity contribution in [1.82, 2.24) is 4.98 Å². The number of nitrogens with zero attached hydrogens (tertiary/aromatic N) is 1. The van der Waals surface area contributed by atoms with Gasteiger partial charge in [0.05, 0.1) is 0 Å². The summed E-state index contributed by atoms with van der Waals surface area (Å²) in [6.45, 7) is 2.61. The van der Waals surface area contributed by atoms with Crippen LogP contribution in [0.2, 0.25) is 0 Å². The molecular weight excluding hydrogens is 251 g/mol. The Morgan fingerprint density at radius 2 is 1.95 bits per heavy atom. The molecule has 2 aromatic carbocycles. The minimum Gasteiger partial charge on any atom is -0.381 e. The van der Waals surface area contributed by atoms with Gasteiger partial charge in [-0.3, -0.25) is 4.98 Å². The van der Waals surface area contributed by atoms with Gasteiger partial charge in [-0.05, 0) is 53.8 Å². The van der Waals surface area contributed by atoms with E-state index in [4.69, 9.17) is 0 Å². The van der Waals surface area contributed by atoms with Crippen molar-refractivity contribution in [1.29, 1.82) is 0 Å². The molecule has 0 aliphatic rings. The van der Waals surface area contributed by atoms with Crippen LogP contribution in [-0.4, -0.2) is 4.98 Å². The van der Waals surface area contributed by atoms with Gasteiger partial charge in [0.25, 0.3) is 0 Å². The molecule has 0 unspecified atom stereocenters. The SMILES string of the molecule is Cc1cc(F)ccc1NCc1ccc2cnccc2c1. The number of pyridine rings is 1. The first-order valence-corrected chi connectivity index (χ1v) is 6.55. The molecule has 3 aromatic rings. The van der Waals surface area contributed by atoms with Crippen molar-refractivity contribution >= 4 is 16.5 Å². The summed E-state index contributed by atoms with van der Waals surface area (Å²) in [5, 5.41) is 5.65. The molecule has 0 radical (unpaired) electrons. The average molecular weight is 266 g/mol. The van der Waals surface area contributed by atoms with Crippen LogP contribution in [-0.2, 0) is 6.54 Å². The summed E-state index contributed by atoms with van der Waals surface area (Å²) in [7, 11) is 0. The number of fused-ring (bicyclic) bond motifs is 1. The van der Waals surface area contributed by atoms with E-state index in [0.717, 1.165) is 16.6 Å². The molecule has 0 aliphatic heterocycles. The van der Waals surface area contributed by atoms with Crippen LogP contribution in [0.4, 0.5) is 10.1 Å². The minimum atomic E-state index is -0.203. The smallest absolute Gasteiger partial charge is 0.123 e. The molecule has 3 heteroatoms. The first kappa shape index (κ1) is 12.6. The number of nitrogens with one attached hydrogen (secondary N) is 1. The van der Waals surface area contributed by atoms with E-state index in [1.807, 2.05) is 19.2 Å². The first-order chi connectivity index (χ1) is 9.72. The fourth-order valence-electron chi connectivity index (χ4n) is 2.27. The highest BCUT2D eigenvalue weighted by atomic mass is 19.1. The minimum absolute atomic E-state index is 0.203. The maximum absolute atomic E-state index is 13.1. The fourth-order valence-corrected chi connectivity index (χ4v) is 2.27. The van der Waals surface area contributed by atoms with Crippen LogP contribution < -0.4 is 5.32 Å². The van der Waals surface area contributed by atoms with Crippen LogP contribution in [0.3, 0.4) is 0 Å². The van der Waals surface area contributed by atoms with Crippen LogP contribution in [0.15, 0.2) is 54.9 Å². The van der Waals surface area contributed by atoms with Crippen molar-refractivity contribution in [3.05, 3.63) is 71.8 Å². The Bertz CT molecular complexity index is 753. The van der Waals surface area contributed by atoms with Crippen molar-refractivity contribution in [2.75, 3.05) is 5.32 Å². The third kappa shape index (κ3) is 2.62. The summed E-state index contributed by atoms with van der Waals surface area (Å²) < 4.78 is 13.1. The summed E-state index contributed by atoms with van der Waals surface area (Å²) in [6.07, 6.45) is 3.65. The second-order valence-electron chi connectivity index (χ2n) is 4.87. The lowest BCUT2D eigenvalue weighted by atomic mass is 10.1. The number of anilines is 1. The molecule has 0 bridgehead atoms. The second kappa shape index (κ2) is 5.29. The predicted octanol–water partition coefficient (Wildman–Crippen LogP) is 4.29. The normalized spacial score (nSPS) is 10.7. The van der Waals surface area contributed by atoms with E-state index >= 15 is 0 Å². The van der Waals surface area contributed by atoms with E-state index < -0.39 is 0 Å². The highest BCUT2D eigenvalue weighted by molar-refractivity contribution is 5.82. The van der Waals surface area contributed by atoms with Crippen molar-refractivity contribution in [2.45, 2.75) is 13.5 Å². The summed E-state index contributed by atoms with van der Waals surface area (Å²) in [5.41, 5.74) is 3.06. The molecule has 1 aromatic heterocycles. The number of hydrogen-bond donors (Lipinski definition) is 1. The Labute approximate surface area is 117 Å². The van der Waals surface area contributed by atoms with E-state index in [1.165, 1.54) is 23.1 Å². The van der Waals surface area contributed by atoms with E-state index in [0.29, 0.717) is 6.54 Å². The Morgan fingerprint density at radius 3 is 2.80 bits per heavy atom. The lowest BCUT2D eigenvalue weighted by molar-refractivity contribution is 0.627. The molecular formula is C17H15FN2. The third-order valence-corrected chi connectivity index (χ3v) is 3.38. The van der Waals surface area contributed by atoms with Gasteiger partial charge in [-0.2, -0.15) is 0 Å². The fraction of sp³-hybridized carbons (Fsp3) is 0.118. The largest absolute Gasteiger partial charge is 0.381 e. The quantitative estimate of drug-likeness (QED) is 0.764. The topological polar surface area (TPSA) is 24.9 Å². The van der Waals surface area contributed by atoms with Crippen molar-refractivity contribution < 1.29 is 4.39 Å². The number of rotatable bonds is 3. The Morgan fingerprint density at radius 1 is 1.05 bits per heavy atom. The lowest BCUT2D eigenvalue weighted by Crippen LogP contribution is -2.01. The Hall–Kier alpha value is -2.42. The number of aromatic nitrogens is 1. The zero-order valence-electron chi connectivity index (χ0n) is 11.2. The van der Waals surface area contributed by atoms with Gasteiger partial charge in [-0.1, -0.05) is 12.1 Å². The van der Waals surface area contributed by atoms with Crippen molar-refractivity contribution in [3.63, 3.8) is 0 Å². The van der Waals surface area contributed by atoms with Gasteiger partial charge in [0, 0.05) is 30.0 Å². The van der Waals surface area contributed by atoms with Gasteiger partial charge in [0.1, 0.15) is 5.82 Å². The van der Waals surface area contributed by atoms with Crippen LogP contribution in [0.1, 0.15) is 11.1 Å². The van der Waals surface area contributed by atoms with Crippen molar-refractivity contribution in [2.24, 2.45) is 0 Å². The number of hydrogen-bond acceptors (Lipinski definition) is 2. The molecule has 100 valence electrons. The molecule has 0 atom stereocenters.